The van der Waals surface area contributed by atoms with Crippen LogP contribution in [-0.2, 0) is 0 Å². The maximum Gasteiger partial charge on any atom is 0.0405 e. The fourth-order valence-electron chi connectivity index (χ4n) is 0.415. The van der Waals surface area contributed by atoms with Crippen LogP contribution in [0.25, 0.3) is 0 Å². The highest BCUT2D eigenvalue weighted by atomic mass is 35.5. The summed E-state index contributed by atoms with van der Waals surface area (Å²) in [6.07, 6.45) is 0. The van der Waals surface area contributed by atoms with Crippen LogP contribution in [0, 0.1) is 0 Å². The molecule has 0 aliphatic rings. The molecule has 0 heterocycles. The molecule has 0 saturated heterocycles. The van der Waals surface area contributed by atoms with Crippen molar-refractivity contribution in [2.24, 2.45) is 11.7 Å². The number of halogens is 2. The average molecular weight is 181 g/mol. The molecule has 0 atom stereocenters. The van der Waals surface area contributed by atoms with E-state index in [1.54, 1.807) is 0 Å². The van der Waals surface area contributed by atoms with Crippen molar-refractivity contribution in [2.75, 3.05) is 0 Å². The van der Waals surface area contributed by atoms with Crippen LogP contribution in [0.4, 0.5) is 0 Å². The van der Waals surface area contributed by atoms with Crippen LogP contribution in [0.5, 0.6) is 0 Å². The second kappa shape index (κ2) is 8.72. The normalized spacial score (nSPS) is 6.70. The summed E-state index contributed by atoms with van der Waals surface area (Å²) in [5, 5.41) is 0.794. The first kappa shape index (κ1) is 12.4. The van der Waals surface area contributed by atoms with Crippen molar-refractivity contribution in [3.05, 3.63) is 35.4 Å². The lowest BCUT2D eigenvalue weighted by Gasteiger charge is -1.80. The van der Waals surface area contributed by atoms with E-state index in [-0.39, 0.29) is 12.4 Å². The van der Waals surface area contributed by atoms with Crippen molar-refractivity contribution >= 4 is 24.0 Å². The topological polar surface area (TPSA) is 52.0 Å². The summed E-state index contributed by atoms with van der Waals surface area (Å²) in [5.41, 5.74) is 0. The summed E-state index contributed by atoms with van der Waals surface area (Å²) < 4.78 is 0. The molecule has 0 aliphatic carbocycles. The summed E-state index contributed by atoms with van der Waals surface area (Å²) in [4.78, 5) is 0. The predicted octanol–water partition coefficient (Wildman–Crippen LogP) is 1.58. The van der Waals surface area contributed by atoms with Crippen LogP contribution in [0.1, 0.15) is 0 Å². The van der Waals surface area contributed by atoms with E-state index in [2.05, 4.69) is 11.7 Å². The third-order valence-corrected chi connectivity index (χ3v) is 0.985. The lowest BCUT2D eigenvalue weighted by Crippen LogP contribution is -2.02. The van der Waals surface area contributed by atoms with E-state index in [9.17, 15) is 0 Å². The number of hydrazine groups is 1. The Bertz CT molecular complexity index is 144. The van der Waals surface area contributed by atoms with Crippen LogP contribution in [0.2, 0.25) is 5.02 Å². The smallest absolute Gasteiger partial charge is 0.0405 e. The predicted molar refractivity (Wildman–Crippen MR) is 47.1 cm³/mol. The maximum absolute atomic E-state index is 5.54. The molecule has 0 saturated carbocycles. The van der Waals surface area contributed by atoms with Crippen molar-refractivity contribution in [1.29, 1.82) is 0 Å². The fourth-order valence-corrected chi connectivity index (χ4v) is 0.560. The van der Waals surface area contributed by atoms with Gasteiger partial charge >= 0.3 is 0 Å². The number of hydrogen-bond acceptors (Lipinski definition) is 2. The number of hydrogen-bond donors (Lipinski definition) is 2. The Kier molecular flexibility index (Phi) is 10.8. The van der Waals surface area contributed by atoms with Gasteiger partial charge in [-0.25, -0.2) is 0 Å². The molecule has 0 amide bonds. The summed E-state index contributed by atoms with van der Waals surface area (Å²) in [5.74, 6) is 8.00. The molecule has 2 nitrogen and oxygen atoms in total. The van der Waals surface area contributed by atoms with Crippen LogP contribution >= 0.6 is 24.0 Å². The highest BCUT2D eigenvalue weighted by molar-refractivity contribution is 6.30. The largest absolute Gasteiger partial charge is 0.274 e. The van der Waals surface area contributed by atoms with Crippen molar-refractivity contribution in [2.45, 2.75) is 0 Å². The molecular formula is C6H10Cl2N2. The lowest BCUT2D eigenvalue weighted by atomic mass is 10.4. The van der Waals surface area contributed by atoms with Crippen LogP contribution in [-0.4, -0.2) is 0 Å². The van der Waals surface area contributed by atoms with Crippen LogP contribution < -0.4 is 11.7 Å². The average Bonchev–Trinajstić information content (AvgIpc) is 1.94. The molecule has 4 heteroatoms. The van der Waals surface area contributed by atoms with Gasteiger partial charge in [-0.3, -0.25) is 11.7 Å². The van der Waals surface area contributed by atoms with Crippen molar-refractivity contribution in [3.8, 4) is 0 Å². The Hall–Kier alpha value is -0.280. The first-order chi connectivity index (χ1) is 4.39. The van der Waals surface area contributed by atoms with Gasteiger partial charge in [0.15, 0.2) is 0 Å². The van der Waals surface area contributed by atoms with Gasteiger partial charge in [-0.1, -0.05) is 29.8 Å². The van der Waals surface area contributed by atoms with Gasteiger partial charge in [0.25, 0.3) is 0 Å². The summed E-state index contributed by atoms with van der Waals surface area (Å²) in [6.45, 7) is 0. The van der Waals surface area contributed by atoms with Crippen molar-refractivity contribution in [1.82, 2.24) is 0 Å². The molecule has 0 radical (unpaired) electrons. The van der Waals surface area contributed by atoms with Gasteiger partial charge in [0.2, 0.25) is 0 Å². The third-order valence-electron chi connectivity index (χ3n) is 0.733. The van der Waals surface area contributed by atoms with Crippen LogP contribution in [0.3, 0.4) is 0 Å². The van der Waals surface area contributed by atoms with Gasteiger partial charge < -0.3 is 0 Å². The minimum Gasteiger partial charge on any atom is -0.274 e. The quantitative estimate of drug-likeness (QED) is 0.471. The second-order valence-corrected chi connectivity index (χ2v) is 1.73. The third kappa shape index (κ3) is 5.85. The van der Waals surface area contributed by atoms with Gasteiger partial charge in [0, 0.05) is 5.02 Å². The Morgan fingerprint density at radius 3 is 1.60 bits per heavy atom. The minimum absolute atomic E-state index is 0. The van der Waals surface area contributed by atoms with Gasteiger partial charge in [-0.15, -0.1) is 12.4 Å². The van der Waals surface area contributed by atoms with E-state index >= 15 is 0 Å². The molecule has 0 aliphatic heterocycles. The standard InChI is InChI=1S/C6H5Cl.ClH.H4N2/c7-6-4-2-1-3-5-6;;1-2/h1-5H;1H;1-2H2. The SMILES string of the molecule is Cl.Clc1ccccc1.NN. The molecule has 4 N–H and O–H groups in total. The molecule has 1 rings (SSSR count). The summed E-state index contributed by atoms with van der Waals surface area (Å²) >= 11 is 5.54. The zero-order valence-corrected chi connectivity index (χ0v) is 6.90. The summed E-state index contributed by atoms with van der Waals surface area (Å²) in [7, 11) is 0. The maximum atomic E-state index is 5.54. The molecule has 10 heavy (non-hydrogen) atoms. The summed E-state index contributed by atoms with van der Waals surface area (Å²) in [6, 6.07) is 9.44. The van der Waals surface area contributed by atoms with Gasteiger partial charge in [0.05, 0.1) is 0 Å². The second-order valence-electron chi connectivity index (χ2n) is 1.30. The zero-order valence-electron chi connectivity index (χ0n) is 5.33. The molecule has 0 fully saturated rings. The first-order valence-corrected chi connectivity index (χ1v) is 2.81. The van der Waals surface area contributed by atoms with E-state index in [4.69, 9.17) is 11.6 Å². The Labute approximate surface area is 71.5 Å². The number of nitrogens with two attached hydrogens (primary N) is 2. The number of benzene rings is 1. The van der Waals surface area contributed by atoms with Crippen molar-refractivity contribution < 1.29 is 0 Å². The van der Waals surface area contributed by atoms with E-state index in [0.29, 0.717) is 0 Å². The van der Waals surface area contributed by atoms with E-state index in [1.165, 1.54) is 0 Å². The van der Waals surface area contributed by atoms with Gasteiger partial charge in [0.1, 0.15) is 0 Å². The monoisotopic (exact) mass is 180 g/mol. The molecule has 1 aromatic rings. The molecule has 58 valence electrons. The van der Waals surface area contributed by atoms with Crippen molar-refractivity contribution in [3.63, 3.8) is 0 Å². The fraction of sp³-hybridized carbons (Fsp3) is 0. The Morgan fingerprint density at radius 2 is 1.40 bits per heavy atom. The van der Waals surface area contributed by atoms with Gasteiger partial charge in [-0.05, 0) is 12.1 Å². The molecule has 0 unspecified atom stereocenters. The Morgan fingerprint density at radius 1 is 1.00 bits per heavy atom. The molecule has 0 aromatic heterocycles. The van der Waals surface area contributed by atoms with E-state index in [1.807, 2.05) is 30.3 Å². The molecule has 1 aromatic carbocycles. The minimum atomic E-state index is 0. The molecule has 0 bridgehead atoms. The lowest BCUT2D eigenvalue weighted by molar-refractivity contribution is 1.26. The van der Waals surface area contributed by atoms with Crippen LogP contribution in [0.15, 0.2) is 30.3 Å². The van der Waals surface area contributed by atoms with E-state index < -0.39 is 0 Å². The number of rotatable bonds is 0. The van der Waals surface area contributed by atoms with E-state index in [0.717, 1.165) is 5.02 Å². The first-order valence-electron chi connectivity index (χ1n) is 2.43. The Balaban J connectivity index is 0. The molecule has 0 spiro atoms. The van der Waals surface area contributed by atoms with Gasteiger partial charge in [-0.2, -0.15) is 0 Å². The molecular weight excluding hydrogens is 171 g/mol. The highest BCUT2D eigenvalue weighted by Crippen LogP contribution is 2.03. The highest BCUT2D eigenvalue weighted by Gasteiger charge is 1.74. The zero-order chi connectivity index (χ0) is 7.11.